The second-order valence-electron chi connectivity index (χ2n) is 7.47. The number of nitriles is 2. The average molecular weight is 521 g/mol. The zero-order chi connectivity index (χ0) is 26.1. The number of anilines is 2. The van der Waals surface area contributed by atoms with Gasteiger partial charge in [0.2, 0.25) is 5.91 Å². The Morgan fingerprint density at radius 2 is 1.86 bits per heavy atom. The van der Waals surface area contributed by atoms with Gasteiger partial charge < -0.3 is 15.8 Å². The molecule has 0 saturated heterocycles. The van der Waals surface area contributed by atoms with Crippen molar-refractivity contribution in [3.8, 4) is 23.3 Å². The summed E-state index contributed by atoms with van der Waals surface area (Å²) >= 11 is 2.44. The van der Waals surface area contributed by atoms with Gasteiger partial charge >= 0.3 is 5.97 Å². The molecule has 0 spiro atoms. The minimum atomic E-state index is -0.375. The Morgan fingerprint density at radius 3 is 2.50 bits per heavy atom. The van der Waals surface area contributed by atoms with Gasteiger partial charge in [0.25, 0.3) is 0 Å². The molecule has 1 amide bonds. The molecule has 9 nitrogen and oxygen atoms in total. The van der Waals surface area contributed by atoms with E-state index in [1.807, 2.05) is 31.2 Å². The van der Waals surface area contributed by atoms with E-state index in [1.54, 1.807) is 12.3 Å². The summed E-state index contributed by atoms with van der Waals surface area (Å²) < 4.78 is 4.90. The molecule has 0 unspecified atom stereocenters. The summed E-state index contributed by atoms with van der Waals surface area (Å²) in [4.78, 5) is 32.5. The second-order valence-corrected chi connectivity index (χ2v) is 9.42. The number of esters is 1. The van der Waals surface area contributed by atoms with Gasteiger partial charge in [0.1, 0.15) is 28.5 Å². The summed E-state index contributed by atoms with van der Waals surface area (Å²) in [5, 5.41) is 24.7. The molecule has 11 heteroatoms. The molecule has 3 aromatic rings. The van der Waals surface area contributed by atoms with Crippen molar-refractivity contribution in [3.63, 3.8) is 0 Å². The third-order valence-electron chi connectivity index (χ3n) is 5.06. The van der Waals surface area contributed by atoms with Crippen LogP contribution in [0.3, 0.4) is 0 Å². The first kappa shape index (κ1) is 26.7. The number of aromatic nitrogens is 2. The Balaban J connectivity index is 1.70. The number of nitrogens with two attached hydrogens (primary N) is 1. The van der Waals surface area contributed by atoms with Crippen molar-refractivity contribution >= 4 is 45.9 Å². The molecule has 0 aliphatic carbocycles. The predicted octanol–water partition coefficient (Wildman–Crippen LogP) is 4.32. The Hall–Kier alpha value is -3.93. The largest absolute Gasteiger partial charge is 0.466 e. The maximum atomic E-state index is 12.4. The maximum Gasteiger partial charge on any atom is 0.311 e. The Kier molecular flexibility index (Phi) is 9.39. The third kappa shape index (κ3) is 6.60. The van der Waals surface area contributed by atoms with E-state index in [0.29, 0.717) is 39.3 Å². The summed E-state index contributed by atoms with van der Waals surface area (Å²) in [6.07, 6.45) is 1.04. The number of thioether (sulfide) groups is 1. The van der Waals surface area contributed by atoms with Crippen LogP contribution < -0.4 is 11.1 Å². The van der Waals surface area contributed by atoms with E-state index >= 15 is 0 Å². The van der Waals surface area contributed by atoms with Crippen molar-refractivity contribution in [1.29, 1.82) is 10.5 Å². The molecular weight excluding hydrogens is 496 g/mol. The number of pyridine rings is 1. The number of amides is 1. The van der Waals surface area contributed by atoms with Gasteiger partial charge in [0.15, 0.2) is 5.13 Å². The van der Waals surface area contributed by atoms with Crippen LogP contribution >= 0.6 is 23.1 Å². The standard InChI is InChI=1S/C25H24N6O3S2/c1-3-15-5-7-16(8-6-15)22-18(12-26)23(28)31-24(19(22)13-27)35-10-9-20(32)30-25-29-17(14-36-25)11-21(33)34-4-2/h5-8,14H,3-4,9-11H2,1-2H3,(H2,28,31)(H,29,30,32). The van der Waals surface area contributed by atoms with Crippen molar-refractivity contribution in [1.82, 2.24) is 9.97 Å². The molecule has 0 aliphatic heterocycles. The zero-order valence-corrected chi connectivity index (χ0v) is 21.5. The lowest BCUT2D eigenvalue weighted by atomic mass is 9.96. The number of nitrogens with zero attached hydrogens (tertiary/aromatic N) is 4. The van der Waals surface area contributed by atoms with Gasteiger partial charge in [-0.05, 0) is 24.5 Å². The molecule has 0 radical (unpaired) electrons. The summed E-state index contributed by atoms with van der Waals surface area (Å²) in [6.45, 7) is 4.07. The highest BCUT2D eigenvalue weighted by molar-refractivity contribution is 7.99. The molecule has 1 aromatic carbocycles. The fraction of sp³-hybridized carbons (Fsp3) is 0.280. The van der Waals surface area contributed by atoms with Crippen LogP contribution in [0.5, 0.6) is 0 Å². The van der Waals surface area contributed by atoms with Crippen molar-refractivity contribution in [2.45, 2.75) is 38.1 Å². The highest BCUT2D eigenvalue weighted by Crippen LogP contribution is 2.36. The van der Waals surface area contributed by atoms with Gasteiger partial charge in [-0.15, -0.1) is 23.1 Å². The molecule has 2 heterocycles. The molecule has 3 N–H and O–H groups in total. The number of aryl methyl sites for hydroxylation is 1. The van der Waals surface area contributed by atoms with Crippen molar-refractivity contribution in [2.24, 2.45) is 0 Å². The lowest BCUT2D eigenvalue weighted by Gasteiger charge is -2.13. The van der Waals surface area contributed by atoms with E-state index in [2.05, 4.69) is 27.4 Å². The van der Waals surface area contributed by atoms with E-state index in [-0.39, 0.29) is 41.7 Å². The zero-order valence-electron chi connectivity index (χ0n) is 19.8. The van der Waals surface area contributed by atoms with Gasteiger partial charge in [0.05, 0.1) is 24.3 Å². The minimum absolute atomic E-state index is 0.0370. The molecule has 36 heavy (non-hydrogen) atoms. The smallest absolute Gasteiger partial charge is 0.311 e. The number of thiazole rings is 1. The van der Waals surface area contributed by atoms with Crippen molar-refractivity contribution in [3.05, 3.63) is 52.0 Å². The molecule has 184 valence electrons. The predicted molar refractivity (Wildman–Crippen MR) is 139 cm³/mol. The fourth-order valence-corrected chi connectivity index (χ4v) is 4.99. The lowest BCUT2D eigenvalue weighted by Crippen LogP contribution is -2.13. The molecule has 2 aromatic heterocycles. The number of carbonyl (C=O) groups is 2. The number of ether oxygens (including phenoxy) is 1. The van der Waals surface area contributed by atoms with Gasteiger partial charge in [-0.2, -0.15) is 10.5 Å². The fourth-order valence-electron chi connectivity index (χ4n) is 3.33. The number of benzene rings is 1. The van der Waals surface area contributed by atoms with Crippen LogP contribution in [0.2, 0.25) is 0 Å². The first-order valence-electron chi connectivity index (χ1n) is 11.2. The van der Waals surface area contributed by atoms with E-state index in [0.717, 1.165) is 12.0 Å². The first-order valence-corrected chi connectivity index (χ1v) is 13.0. The number of nitrogen functional groups attached to an aromatic ring is 1. The van der Waals surface area contributed by atoms with Crippen LogP contribution in [0.15, 0.2) is 34.7 Å². The number of nitrogens with one attached hydrogen (secondary N) is 1. The average Bonchev–Trinajstić information content (AvgIpc) is 3.30. The Bertz CT molecular complexity index is 1340. The maximum absolute atomic E-state index is 12.4. The molecular formula is C25H24N6O3S2. The van der Waals surface area contributed by atoms with Gasteiger partial charge in [0, 0.05) is 23.1 Å². The normalized spacial score (nSPS) is 10.3. The highest BCUT2D eigenvalue weighted by atomic mass is 32.2. The second kappa shape index (κ2) is 12.7. The van der Waals surface area contributed by atoms with Crippen LogP contribution in [-0.2, 0) is 27.2 Å². The van der Waals surface area contributed by atoms with Gasteiger partial charge in [-0.1, -0.05) is 31.2 Å². The molecule has 0 atom stereocenters. The highest BCUT2D eigenvalue weighted by Gasteiger charge is 2.21. The Labute approximate surface area is 217 Å². The topological polar surface area (TPSA) is 155 Å². The van der Waals surface area contributed by atoms with Crippen LogP contribution in [0.4, 0.5) is 10.9 Å². The van der Waals surface area contributed by atoms with Gasteiger partial charge in [-0.3, -0.25) is 9.59 Å². The van der Waals surface area contributed by atoms with E-state index in [1.165, 1.54) is 23.1 Å². The van der Waals surface area contributed by atoms with Crippen LogP contribution in [0, 0.1) is 22.7 Å². The molecule has 3 rings (SSSR count). The quantitative estimate of drug-likeness (QED) is 0.294. The lowest BCUT2D eigenvalue weighted by molar-refractivity contribution is -0.142. The monoisotopic (exact) mass is 520 g/mol. The molecule has 0 aliphatic rings. The minimum Gasteiger partial charge on any atom is -0.466 e. The van der Waals surface area contributed by atoms with E-state index in [4.69, 9.17) is 10.5 Å². The van der Waals surface area contributed by atoms with Crippen molar-refractivity contribution < 1.29 is 14.3 Å². The van der Waals surface area contributed by atoms with Crippen LogP contribution in [0.1, 0.15) is 42.7 Å². The van der Waals surface area contributed by atoms with Gasteiger partial charge in [-0.25, -0.2) is 9.97 Å². The first-order chi connectivity index (χ1) is 17.4. The Morgan fingerprint density at radius 1 is 1.14 bits per heavy atom. The van der Waals surface area contributed by atoms with E-state index in [9.17, 15) is 20.1 Å². The summed E-state index contributed by atoms with van der Waals surface area (Å²) in [7, 11) is 0. The number of rotatable bonds is 10. The van der Waals surface area contributed by atoms with Crippen LogP contribution in [0.25, 0.3) is 11.1 Å². The third-order valence-corrected chi connectivity index (χ3v) is 6.85. The summed E-state index contributed by atoms with van der Waals surface area (Å²) in [6, 6.07) is 11.8. The molecule has 0 bridgehead atoms. The number of hydrogen-bond donors (Lipinski definition) is 2. The molecule has 0 fully saturated rings. The number of hydrogen-bond acceptors (Lipinski definition) is 10. The number of carbonyl (C=O) groups excluding carboxylic acids is 2. The summed E-state index contributed by atoms with van der Waals surface area (Å²) in [5.41, 5.74) is 9.27. The molecule has 0 saturated carbocycles. The van der Waals surface area contributed by atoms with Crippen LogP contribution in [-0.4, -0.2) is 34.2 Å². The SMILES string of the molecule is CCOC(=O)Cc1csc(NC(=O)CCSc2nc(N)c(C#N)c(-c3ccc(CC)cc3)c2C#N)n1. The van der Waals surface area contributed by atoms with E-state index < -0.39 is 0 Å². The van der Waals surface area contributed by atoms with Crippen molar-refractivity contribution in [2.75, 3.05) is 23.4 Å². The summed E-state index contributed by atoms with van der Waals surface area (Å²) in [5.74, 6) is -0.279.